The van der Waals surface area contributed by atoms with Gasteiger partial charge in [-0.05, 0) is 33.6 Å². The summed E-state index contributed by atoms with van der Waals surface area (Å²) in [4.78, 5) is 54.3. The van der Waals surface area contributed by atoms with Gasteiger partial charge in [0.05, 0.1) is 7.11 Å². The zero-order valence-electron chi connectivity index (χ0n) is 14.4. The van der Waals surface area contributed by atoms with Crippen LogP contribution in [-0.2, 0) is 28.8 Å². The normalized spacial score (nSPS) is 20.9. The van der Waals surface area contributed by atoms with Gasteiger partial charge in [-0.25, -0.2) is 9.59 Å². The summed E-state index contributed by atoms with van der Waals surface area (Å²) < 4.78 is 4.63. The van der Waals surface area contributed by atoms with E-state index >= 15 is 0 Å². The van der Waals surface area contributed by atoms with Crippen LogP contribution in [-0.4, -0.2) is 59.0 Å². The van der Waals surface area contributed by atoms with Crippen molar-refractivity contribution >= 4 is 23.8 Å². The summed E-state index contributed by atoms with van der Waals surface area (Å²) in [5, 5.41) is 0.662. The maximum absolute atomic E-state index is 12.2. The summed E-state index contributed by atoms with van der Waals surface area (Å²) >= 11 is 0. The molecule has 0 saturated carbocycles. The predicted octanol–water partition coefficient (Wildman–Crippen LogP) is 0.500. The summed E-state index contributed by atoms with van der Waals surface area (Å²) in [7, 11) is 1.18. The zero-order chi connectivity index (χ0) is 17.9. The van der Waals surface area contributed by atoms with Crippen molar-refractivity contribution in [3.05, 3.63) is 0 Å². The number of carbonyl (C=O) groups is 4. The highest BCUT2D eigenvalue weighted by Gasteiger charge is 2.46. The van der Waals surface area contributed by atoms with E-state index in [1.54, 1.807) is 34.6 Å². The molecule has 1 saturated heterocycles. The van der Waals surface area contributed by atoms with Gasteiger partial charge in [0.25, 0.3) is 5.91 Å². The van der Waals surface area contributed by atoms with E-state index in [0.29, 0.717) is 5.06 Å². The van der Waals surface area contributed by atoms with Crippen molar-refractivity contribution in [3.63, 3.8) is 0 Å². The van der Waals surface area contributed by atoms with Crippen LogP contribution < -0.4 is 0 Å². The molecule has 2 unspecified atom stereocenters. The van der Waals surface area contributed by atoms with Gasteiger partial charge in [-0.2, -0.15) is 5.06 Å². The molecule has 0 aromatic rings. The first kappa shape index (κ1) is 18.9. The number of carbonyl (C=O) groups excluding carboxylic acids is 4. The number of methoxy groups -OCH3 is 1. The molecule has 130 valence electrons. The highest BCUT2D eigenvalue weighted by atomic mass is 16.7. The van der Waals surface area contributed by atoms with Crippen LogP contribution in [0.3, 0.4) is 0 Å². The Morgan fingerprint density at radius 1 is 1.17 bits per heavy atom. The SMILES string of the molecule is COC(=O)C1C(C)CC(=O)N1OC(=O)C(=O)N(C(C)C)C(C)C. The van der Waals surface area contributed by atoms with E-state index in [1.807, 2.05) is 0 Å². The lowest BCUT2D eigenvalue weighted by Crippen LogP contribution is -2.49. The van der Waals surface area contributed by atoms with E-state index < -0.39 is 29.8 Å². The summed E-state index contributed by atoms with van der Waals surface area (Å²) in [6.07, 6.45) is 0.0410. The van der Waals surface area contributed by atoms with Crippen LogP contribution in [0.1, 0.15) is 41.0 Å². The molecule has 8 nitrogen and oxygen atoms in total. The number of hydrogen-bond donors (Lipinski definition) is 0. The molecule has 0 aromatic carbocycles. The van der Waals surface area contributed by atoms with Gasteiger partial charge >= 0.3 is 17.8 Å². The number of rotatable bonds is 4. The summed E-state index contributed by atoms with van der Waals surface area (Å²) in [5.41, 5.74) is 0. The van der Waals surface area contributed by atoms with E-state index in [9.17, 15) is 19.2 Å². The number of esters is 1. The topological polar surface area (TPSA) is 93.2 Å². The molecule has 0 bridgehead atoms. The summed E-state index contributed by atoms with van der Waals surface area (Å²) in [6.45, 7) is 8.75. The van der Waals surface area contributed by atoms with Crippen LogP contribution in [0.25, 0.3) is 0 Å². The standard InChI is InChI=1S/C15H24N2O6/c1-8(2)16(9(3)4)13(19)15(21)23-17-11(18)7-10(5)12(17)14(20)22-6/h8-10,12H,7H2,1-6H3. The van der Waals surface area contributed by atoms with Gasteiger partial charge in [-0.3, -0.25) is 9.59 Å². The molecule has 0 radical (unpaired) electrons. The molecule has 0 aliphatic carbocycles. The molecule has 1 aliphatic rings. The van der Waals surface area contributed by atoms with E-state index in [0.717, 1.165) is 0 Å². The first-order valence-electron chi connectivity index (χ1n) is 7.56. The average molecular weight is 328 g/mol. The van der Waals surface area contributed by atoms with Crippen LogP contribution in [0, 0.1) is 5.92 Å². The van der Waals surface area contributed by atoms with E-state index in [1.165, 1.54) is 12.0 Å². The van der Waals surface area contributed by atoms with Crippen molar-refractivity contribution in [3.8, 4) is 0 Å². The number of nitrogens with zero attached hydrogens (tertiary/aromatic N) is 2. The van der Waals surface area contributed by atoms with E-state index in [4.69, 9.17) is 4.84 Å². The van der Waals surface area contributed by atoms with Crippen molar-refractivity contribution in [2.24, 2.45) is 5.92 Å². The Labute approximate surface area is 135 Å². The van der Waals surface area contributed by atoms with Crippen LogP contribution in [0.5, 0.6) is 0 Å². The van der Waals surface area contributed by atoms with Crippen molar-refractivity contribution in [2.45, 2.75) is 59.2 Å². The second-order valence-electron chi connectivity index (χ2n) is 6.15. The number of hydrogen-bond acceptors (Lipinski definition) is 6. The van der Waals surface area contributed by atoms with E-state index in [2.05, 4.69) is 4.74 Å². The number of ether oxygens (including phenoxy) is 1. The second-order valence-corrected chi connectivity index (χ2v) is 6.15. The van der Waals surface area contributed by atoms with Gasteiger partial charge < -0.3 is 14.5 Å². The van der Waals surface area contributed by atoms with E-state index in [-0.39, 0.29) is 24.4 Å². The maximum atomic E-state index is 12.2. The zero-order valence-corrected chi connectivity index (χ0v) is 14.4. The minimum Gasteiger partial charge on any atom is -0.467 e. The lowest BCUT2D eigenvalue weighted by Gasteiger charge is -2.30. The molecule has 23 heavy (non-hydrogen) atoms. The molecule has 0 aromatic heterocycles. The fourth-order valence-electron chi connectivity index (χ4n) is 2.72. The Morgan fingerprint density at radius 3 is 2.13 bits per heavy atom. The van der Waals surface area contributed by atoms with Crippen LogP contribution in [0.15, 0.2) is 0 Å². The molecule has 0 spiro atoms. The highest BCUT2D eigenvalue weighted by molar-refractivity contribution is 6.32. The third-order valence-electron chi connectivity index (χ3n) is 3.68. The van der Waals surface area contributed by atoms with Crippen molar-refractivity contribution in [2.75, 3.05) is 7.11 Å². The van der Waals surface area contributed by atoms with Crippen molar-refractivity contribution in [1.29, 1.82) is 0 Å². The third kappa shape index (κ3) is 4.00. The Hall–Kier alpha value is -2.12. The lowest BCUT2D eigenvalue weighted by molar-refractivity contribution is -0.208. The fourth-order valence-corrected chi connectivity index (χ4v) is 2.72. The second kappa shape index (κ2) is 7.43. The number of amides is 2. The molecule has 1 aliphatic heterocycles. The molecule has 0 N–H and O–H groups in total. The third-order valence-corrected chi connectivity index (χ3v) is 3.68. The number of hydroxylamine groups is 2. The Kier molecular flexibility index (Phi) is 6.12. The Balaban J connectivity index is 2.91. The minimum atomic E-state index is -1.19. The predicted molar refractivity (Wildman–Crippen MR) is 79.6 cm³/mol. The van der Waals surface area contributed by atoms with Crippen LogP contribution >= 0.6 is 0 Å². The van der Waals surface area contributed by atoms with Crippen LogP contribution in [0.2, 0.25) is 0 Å². The average Bonchev–Trinajstić information content (AvgIpc) is 2.71. The van der Waals surface area contributed by atoms with Crippen molar-refractivity contribution in [1.82, 2.24) is 9.96 Å². The molecular weight excluding hydrogens is 304 g/mol. The molecule has 1 heterocycles. The molecule has 1 rings (SSSR count). The molecular formula is C15H24N2O6. The highest BCUT2D eigenvalue weighted by Crippen LogP contribution is 2.26. The Bertz CT molecular complexity index is 494. The van der Waals surface area contributed by atoms with Gasteiger partial charge in [0.1, 0.15) is 0 Å². The maximum Gasteiger partial charge on any atom is 0.421 e. The molecule has 2 amide bonds. The minimum absolute atomic E-state index is 0.0410. The van der Waals surface area contributed by atoms with Gasteiger partial charge in [-0.1, -0.05) is 6.92 Å². The Morgan fingerprint density at radius 2 is 1.70 bits per heavy atom. The fraction of sp³-hybridized carbons (Fsp3) is 0.733. The first-order chi connectivity index (χ1) is 10.6. The van der Waals surface area contributed by atoms with Crippen molar-refractivity contribution < 1.29 is 28.8 Å². The smallest absolute Gasteiger partial charge is 0.421 e. The molecule has 1 fully saturated rings. The van der Waals surface area contributed by atoms with Gasteiger partial charge in [0, 0.05) is 18.5 Å². The van der Waals surface area contributed by atoms with Crippen LogP contribution in [0.4, 0.5) is 0 Å². The van der Waals surface area contributed by atoms with Gasteiger partial charge in [-0.15, -0.1) is 0 Å². The molecule has 2 atom stereocenters. The van der Waals surface area contributed by atoms with Gasteiger partial charge in [0.15, 0.2) is 6.04 Å². The first-order valence-corrected chi connectivity index (χ1v) is 7.56. The summed E-state index contributed by atoms with van der Waals surface area (Å²) in [6, 6.07) is -1.45. The summed E-state index contributed by atoms with van der Waals surface area (Å²) in [5.74, 6) is -3.64. The molecule has 8 heteroatoms. The van der Waals surface area contributed by atoms with Gasteiger partial charge in [0.2, 0.25) is 0 Å². The quantitative estimate of drug-likeness (QED) is 0.551. The lowest BCUT2D eigenvalue weighted by atomic mass is 10.0. The monoisotopic (exact) mass is 328 g/mol. The largest absolute Gasteiger partial charge is 0.467 e.